The summed E-state index contributed by atoms with van der Waals surface area (Å²) < 4.78 is 0. The molecule has 1 heterocycles. The molecular weight excluding hydrogens is 196 g/mol. The van der Waals surface area contributed by atoms with Crippen LogP contribution in [0.2, 0.25) is 0 Å². The zero-order valence-electron chi connectivity index (χ0n) is 9.48. The first kappa shape index (κ1) is 10.7. The van der Waals surface area contributed by atoms with Crippen molar-refractivity contribution in [2.75, 3.05) is 5.32 Å². The smallest absolute Gasteiger partial charge is 0.130 e. The summed E-state index contributed by atoms with van der Waals surface area (Å²) in [5, 5.41) is 3.29. The predicted octanol–water partition coefficient (Wildman–Crippen LogP) is 3.78. The van der Waals surface area contributed by atoms with Crippen LogP contribution in [-0.4, -0.2) is 4.98 Å². The normalized spacial score (nSPS) is 10.1. The van der Waals surface area contributed by atoms with Crippen molar-refractivity contribution in [3.63, 3.8) is 0 Å². The molecule has 0 atom stereocenters. The van der Waals surface area contributed by atoms with Gasteiger partial charge >= 0.3 is 0 Å². The monoisotopic (exact) mass is 212 g/mol. The SMILES string of the molecule is CCCc1ccnc(Nc2ccccc2)c1. The van der Waals surface area contributed by atoms with Crippen LogP contribution in [0.4, 0.5) is 11.5 Å². The van der Waals surface area contributed by atoms with Gasteiger partial charge in [0, 0.05) is 11.9 Å². The van der Waals surface area contributed by atoms with Crippen molar-refractivity contribution in [2.45, 2.75) is 19.8 Å². The first-order valence-electron chi connectivity index (χ1n) is 5.65. The molecule has 0 spiro atoms. The zero-order chi connectivity index (χ0) is 11.2. The van der Waals surface area contributed by atoms with E-state index in [-0.39, 0.29) is 0 Å². The van der Waals surface area contributed by atoms with Crippen LogP contribution in [0.15, 0.2) is 48.7 Å². The minimum atomic E-state index is 0.914. The number of benzene rings is 1. The van der Waals surface area contributed by atoms with Gasteiger partial charge in [0.25, 0.3) is 0 Å². The van der Waals surface area contributed by atoms with Crippen molar-refractivity contribution < 1.29 is 0 Å². The Kier molecular flexibility index (Phi) is 3.54. The van der Waals surface area contributed by atoms with E-state index in [0.717, 1.165) is 24.3 Å². The van der Waals surface area contributed by atoms with Crippen LogP contribution < -0.4 is 5.32 Å². The van der Waals surface area contributed by atoms with E-state index in [9.17, 15) is 0 Å². The molecule has 2 heteroatoms. The summed E-state index contributed by atoms with van der Waals surface area (Å²) in [6.45, 7) is 2.19. The van der Waals surface area contributed by atoms with E-state index in [1.54, 1.807) is 0 Å². The number of hydrogen-bond donors (Lipinski definition) is 1. The van der Waals surface area contributed by atoms with Gasteiger partial charge in [0.05, 0.1) is 0 Å². The number of pyridine rings is 1. The first-order chi connectivity index (χ1) is 7.88. The Hall–Kier alpha value is -1.83. The zero-order valence-corrected chi connectivity index (χ0v) is 9.48. The number of anilines is 2. The second kappa shape index (κ2) is 5.31. The topological polar surface area (TPSA) is 24.9 Å². The average molecular weight is 212 g/mol. The minimum Gasteiger partial charge on any atom is -0.340 e. The van der Waals surface area contributed by atoms with E-state index < -0.39 is 0 Å². The average Bonchev–Trinajstić information content (AvgIpc) is 2.31. The number of nitrogens with zero attached hydrogens (tertiary/aromatic N) is 1. The van der Waals surface area contributed by atoms with Crippen LogP contribution in [0.3, 0.4) is 0 Å². The molecule has 2 rings (SSSR count). The lowest BCUT2D eigenvalue weighted by Gasteiger charge is -2.06. The Morgan fingerprint density at radius 3 is 2.69 bits per heavy atom. The molecule has 82 valence electrons. The second-order valence-electron chi connectivity index (χ2n) is 3.79. The molecule has 1 aromatic carbocycles. The molecule has 0 unspecified atom stereocenters. The van der Waals surface area contributed by atoms with Gasteiger partial charge in [0.2, 0.25) is 0 Å². The molecule has 0 aliphatic rings. The van der Waals surface area contributed by atoms with E-state index in [2.05, 4.69) is 29.4 Å². The molecule has 0 bridgehead atoms. The fourth-order valence-electron chi connectivity index (χ4n) is 1.66. The minimum absolute atomic E-state index is 0.914. The van der Waals surface area contributed by atoms with Gasteiger partial charge in [-0.3, -0.25) is 0 Å². The third kappa shape index (κ3) is 2.83. The van der Waals surface area contributed by atoms with Crippen LogP contribution in [0, 0.1) is 0 Å². The highest BCUT2D eigenvalue weighted by Crippen LogP contribution is 2.15. The third-order valence-corrected chi connectivity index (χ3v) is 2.41. The van der Waals surface area contributed by atoms with Gasteiger partial charge in [-0.2, -0.15) is 0 Å². The van der Waals surface area contributed by atoms with Gasteiger partial charge in [0.1, 0.15) is 5.82 Å². The van der Waals surface area contributed by atoms with Crippen molar-refractivity contribution in [3.8, 4) is 0 Å². The van der Waals surface area contributed by atoms with E-state index in [4.69, 9.17) is 0 Å². The van der Waals surface area contributed by atoms with Crippen molar-refractivity contribution in [1.82, 2.24) is 4.98 Å². The van der Waals surface area contributed by atoms with E-state index in [1.807, 2.05) is 36.5 Å². The lowest BCUT2D eigenvalue weighted by atomic mass is 10.1. The number of para-hydroxylation sites is 1. The van der Waals surface area contributed by atoms with Gasteiger partial charge in [-0.25, -0.2) is 4.98 Å². The summed E-state index contributed by atoms with van der Waals surface area (Å²) >= 11 is 0. The second-order valence-corrected chi connectivity index (χ2v) is 3.79. The summed E-state index contributed by atoms with van der Waals surface area (Å²) in [5.41, 5.74) is 2.40. The maximum absolute atomic E-state index is 4.31. The molecule has 0 saturated heterocycles. The fraction of sp³-hybridized carbons (Fsp3) is 0.214. The van der Waals surface area contributed by atoms with E-state index in [1.165, 1.54) is 5.56 Å². The molecule has 1 N–H and O–H groups in total. The highest BCUT2D eigenvalue weighted by Gasteiger charge is 1.97. The molecule has 0 amide bonds. The Bertz CT molecular complexity index is 437. The molecule has 0 saturated carbocycles. The molecular formula is C14H16N2. The van der Waals surface area contributed by atoms with Gasteiger partial charge in [0.15, 0.2) is 0 Å². The molecule has 16 heavy (non-hydrogen) atoms. The fourth-order valence-corrected chi connectivity index (χ4v) is 1.66. The summed E-state index contributed by atoms with van der Waals surface area (Å²) in [4.78, 5) is 4.31. The summed E-state index contributed by atoms with van der Waals surface area (Å²) in [5.74, 6) is 0.914. The van der Waals surface area contributed by atoms with Gasteiger partial charge in [-0.1, -0.05) is 31.5 Å². The number of nitrogens with one attached hydrogen (secondary N) is 1. The number of hydrogen-bond acceptors (Lipinski definition) is 2. The summed E-state index contributed by atoms with van der Waals surface area (Å²) in [6, 6.07) is 14.3. The Morgan fingerprint density at radius 1 is 1.12 bits per heavy atom. The highest BCUT2D eigenvalue weighted by atomic mass is 15.0. The molecule has 0 aliphatic heterocycles. The summed E-state index contributed by atoms with van der Waals surface area (Å²) in [7, 11) is 0. The lowest BCUT2D eigenvalue weighted by molar-refractivity contribution is 0.919. The standard InChI is InChI=1S/C14H16N2/c1-2-6-12-9-10-15-14(11-12)16-13-7-4-3-5-8-13/h3-5,7-11H,2,6H2,1H3,(H,15,16). The molecule has 0 fully saturated rings. The van der Waals surface area contributed by atoms with Crippen LogP contribution in [0.25, 0.3) is 0 Å². The van der Waals surface area contributed by atoms with Crippen LogP contribution in [0.1, 0.15) is 18.9 Å². The van der Waals surface area contributed by atoms with Crippen molar-refractivity contribution in [3.05, 3.63) is 54.2 Å². The van der Waals surface area contributed by atoms with Crippen LogP contribution >= 0.6 is 0 Å². The maximum atomic E-state index is 4.31. The Balaban J connectivity index is 2.12. The Labute approximate surface area is 96.4 Å². The quantitative estimate of drug-likeness (QED) is 0.834. The van der Waals surface area contributed by atoms with Crippen LogP contribution in [0.5, 0.6) is 0 Å². The maximum Gasteiger partial charge on any atom is 0.130 e. The van der Waals surface area contributed by atoms with Crippen LogP contribution in [-0.2, 0) is 6.42 Å². The highest BCUT2D eigenvalue weighted by molar-refractivity contribution is 5.56. The van der Waals surface area contributed by atoms with E-state index >= 15 is 0 Å². The van der Waals surface area contributed by atoms with Gasteiger partial charge in [-0.05, 0) is 36.2 Å². The largest absolute Gasteiger partial charge is 0.340 e. The predicted molar refractivity (Wildman–Crippen MR) is 68.0 cm³/mol. The third-order valence-electron chi connectivity index (χ3n) is 2.41. The van der Waals surface area contributed by atoms with Crippen molar-refractivity contribution in [1.29, 1.82) is 0 Å². The van der Waals surface area contributed by atoms with Crippen molar-refractivity contribution in [2.24, 2.45) is 0 Å². The lowest BCUT2D eigenvalue weighted by Crippen LogP contribution is -1.94. The summed E-state index contributed by atoms with van der Waals surface area (Å²) in [6.07, 6.45) is 4.12. The van der Waals surface area contributed by atoms with Crippen molar-refractivity contribution >= 4 is 11.5 Å². The molecule has 2 nitrogen and oxygen atoms in total. The Morgan fingerprint density at radius 2 is 1.94 bits per heavy atom. The molecule has 2 aromatic rings. The first-order valence-corrected chi connectivity index (χ1v) is 5.65. The number of rotatable bonds is 4. The van der Waals surface area contributed by atoms with Gasteiger partial charge in [-0.15, -0.1) is 0 Å². The number of aromatic nitrogens is 1. The molecule has 0 radical (unpaired) electrons. The van der Waals surface area contributed by atoms with Gasteiger partial charge < -0.3 is 5.32 Å². The van der Waals surface area contributed by atoms with E-state index in [0.29, 0.717) is 0 Å². The number of aryl methyl sites for hydroxylation is 1. The molecule has 1 aromatic heterocycles. The molecule has 0 aliphatic carbocycles.